The molecule has 1 aliphatic heterocycles. The van der Waals surface area contributed by atoms with Crippen LogP contribution in [0.1, 0.15) is 23.6 Å². The van der Waals surface area contributed by atoms with Gasteiger partial charge in [0.15, 0.2) is 5.17 Å². The highest BCUT2D eigenvalue weighted by atomic mass is 32.2. The van der Waals surface area contributed by atoms with E-state index in [1.807, 2.05) is 6.92 Å². The van der Waals surface area contributed by atoms with E-state index in [1.165, 1.54) is 27.8 Å². The van der Waals surface area contributed by atoms with Gasteiger partial charge in [0.2, 0.25) is 0 Å². The zero-order valence-electron chi connectivity index (χ0n) is 14.5. The van der Waals surface area contributed by atoms with Gasteiger partial charge in [-0.25, -0.2) is 0 Å². The van der Waals surface area contributed by atoms with Gasteiger partial charge in [-0.05, 0) is 47.2 Å². The smallest absolute Gasteiger partial charge is 0.177 e. The summed E-state index contributed by atoms with van der Waals surface area (Å²) < 4.78 is 5.13. The molecule has 0 saturated carbocycles. The minimum absolute atomic E-state index is 0.133. The minimum atomic E-state index is 0.133. The summed E-state index contributed by atoms with van der Waals surface area (Å²) in [5, 5.41) is 5.41. The number of methoxy groups -OCH3 is 1. The van der Waals surface area contributed by atoms with Gasteiger partial charge in [0.1, 0.15) is 0 Å². The fraction of sp³-hybridized carbons (Fsp3) is 0.300. The van der Waals surface area contributed by atoms with Crippen molar-refractivity contribution in [1.29, 1.82) is 0 Å². The first-order chi connectivity index (χ1) is 12.2. The number of thioether (sulfide) groups is 1. The lowest BCUT2D eigenvalue weighted by atomic mass is 10.0. The highest BCUT2D eigenvalue weighted by Crippen LogP contribution is 2.37. The van der Waals surface area contributed by atoms with Crippen molar-refractivity contribution < 1.29 is 4.74 Å². The van der Waals surface area contributed by atoms with Crippen LogP contribution in [0.15, 0.2) is 52.6 Å². The van der Waals surface area contributed by atoms with Crippen molar-refractivity contribution in [3.8, 4) is 11.1 Å². The molecule has 1 atom stereocenters. The molecule has 1 aliphatic carbocycles. The molecule has 2 aliphatic rings. The van der Waals surface area contributed by atoms with Crippen molar-refractivity contribution in [1.82, 2.24) is 5.43 Å². The summed E-state index contributed by atoms with van der Waals surface area (Å²) in [7, 11) is 1.69. The average Bonchev–Trinajstić information content (AvgIpc) is 3.00. The number of ether oxygens (including phenoxy) is 1. The van der Waals surface area contributed by atoms with E-state index < -0.39 is 0 Å². The third-order valence-corrected chi connectivity index (χ3v) is 5.40. The number of nitrogens with zero attached hydrogens (tertiary/aromatic N) is 2. The van der Waals surface area contributed by atoms with E-state index in [4.69, 9.17) is 4.74 Å². The van der Waals surface area contributed by atoms with E-state index in [1.54, 1.807) is 18.9 Å². The maximum absolute atomic E-state index is 5.13. The Balaban J connectivity index is 1.56. The van der Waals surface area contributed by atoms with Gasteiger partial charge in [-0.2, -0.15) is 5.10 Å². The largest absolute Gasteiger partial charge is 0.382 e. The lowest BCUT2D eigenvalue weighted by Gasteiger charge is -2.17. The molecule has 2 aromatic rings. The lowest BCUT2D eigenvalue weighted by Crippen LogP contribution is -2.27. The standard InChI is InChI=1S/C20H21N3OS/c1-13(11-24-2)21-20-23-22-19(12-25-20)16-8-7-15-9-14-5-3-4-6-17(14)18(15)10-16/h3-8,10,13H,9,11-12H2,1-2H3,(H,21,23)/t13-/m1/s1. The zero-order chi connectivity index (χ0) is 17.2. The molecule has 0 aromatic heterocycles. The van der Waals surface area contributed by atoms with Crippen LogP contribution in [0.4, 0.5) is 0 Å². The molecule has 0 saturated heterocycles. The first-order valence-corrected chi connectivity index (χ1v) is 9.47. The maximum Gasteiger partial charge on any atom is 0.177 e. The first kappa shape index (κ1) is 16.4. The Morgan fingerprint density at radius 1 is 1.20 bits per heavy atom. The first-order valence-electron chi connectivity index (χ1n) is 8.48. The Hall–Kier alpha value is -2.11. The predicted octanol–water partition coefficient (Wildman–Crippen LogP) is 3.69. The number of nitrogens with one attached hydrogen (secondary N) is 1. The van der Waals surface area contributed by atoms with Gasteiger partial charge >= 0.3 is 0 Å². The molecule has 0 radical (unpaired) electrons. The van der Waals surface area contributed by atoms with Crippen LogP contribution in [0.3, 0.4) is 0 Å². The monoisotopic (exact) mass is 351 g/mol. The summed E-state index contributed by atoms with van der Waals surface area (Å²) in [4.78, 5) is 4.58. The number of rotatable bonds is 4. The van der Waals surface area contributed by atoms with Crippen molar-refractivity contribution in [3.05, 3.63) is 59.2 Å². The Labute approximate surface area is 152 Å². The number of hydrogen-bond donors (Lipinski definition) is 1. The van der Waals surface area contributed by atoms with Gasteiger partial charge in [0, 0.05) is 12.9 Å². The van der Waals surface area contributed by atoms with Gasteiger partial charge in [-0.15, -0.1) is 0 Å². The number of hydrazone groups is 1. The normalized spacial score (nSPS) is 18.3. The zero-order valence-corrected chi connectivity index (χ0v) is 15.3. The van der Waals surface area contributed by atoms with E-state index >= 15 is 0 Å². The Morgan fingerprint density at radius 2 is 2.04 bits per heavy atom. The van der Waals surface area contributed by atoms with Crippen LogP contribution in [0.5, 0.6) is 0 Å². The summed E-state index contributed by atoms with van der Waals surface area (Å²) in [5.41, 5.74) is 10.8. The molecular formula is C20H21N3OS. The third-order valence-electron chi connectivity index (χ3n) is 4.51. The van der Waals surface area contributed by atoms with Crippen molar-refractivity contribution in [2.45, 2.75) is 19.4 Å². The molecule has 0 unspecified atom stereocenters. The molecule has 0 fully saturated rings. The van der Waals surface area contributed by atoms with Crippen molar-refractivity contribution in [3.63, 3.8) is 0 Å². The predicted molar refractivity (Wildman–Crippen MR) is 106 cm³/mol. The quantitative estimate of drug-likeness (QED) is 0.780. The van der Waals surface area contributed by atoms with Crippen LogP contribution in [0.2, 0.25) is 0 Å². The molecule has 5 heteroatoms. The van der Waals surface area contributed by atoms with Crippen LogP contribution >= 0.6 is 11.8 Å². The highest BCUT2D eigenvalue weighted by molar-refractivity contribution is 8.14. The lowest BCUT2D eigenvalue weighted by molar-refractivity contribution is 0.186. The van der Waals surface area contributed by atoms with Crippen molar-refractivity contribution in [2.24, 2.45) is 10.1 Å². The van der Waals surface area contributed by atoms with Crippen LogP contribution in [-0.2, 0) is 11.2 Å². The molecular weight excluding hydrogens is 330 g/mol. The van der Waals surface area contributed by atoms with Crippen molar-refractivity contribution in [2.75, 3.05) is 19.5 Å². The van der Waals surface area contributed by atoms with E-state index in [9.17, 15) is 0 Å². The van der Waals surface area contributed by atoms with Gasteiger partial charge in [-0.3, -0.25) is 10.4 Å². The van der Waals surface area contributed by atoms with E-state index in [-0.39, 0.29) is 6.04 Å². The summed E-state index contributed by atoms with van der Waals surface area (Å²) in [5.74, 6) is 0.825. The maximum atomic E-state index is 5.13. The number of benzene rings is 2. The van der Waals surface area contributed by atoms with E-state index in [0.717, 1.165) is 23.1 Å². The Bertz CT molecular complexity index is 860. The molecule has 0 bridgehead atoms. The fourth-order valence-electron chi connectivity index (χ4n) is 3.31. The number of aliphatic imine (C=N–C) groups is 1. The van der Waals surface area contributed by atoms with Crippen LogP contribution in [0.25, 0.3) is 11.1 Å². The SMILES string of the molecule is COC[C@@H](C)N=C1NN=C(c2ccc3c(c2)-c2ccccc2C3)CS1. The van der Waals surface area contributed by atoms with Crippen LogP contribution in [0, 0.1) is 0 Å². The van der Waals surface area contributed by atoms with Gasteiger partial charge < -0.3 is 4.74 Å². The Kier molecular flexibility index (Phi) is 4.59. The second kappa shape index (κ2) is 7.02. The molecule has 1 heterocycles. The molecule has 1 N–H and O–H groups in total. The summed E-state index contributed by atoms with van der Waals surface area (Å²) in [6, 6.07) is 15.5. The summed E-state index contributed by atoms with van der Waals surface area (Å²) in [6.45, 7) is 2.66. The van der Waals surface area contributed by atoms with Crippen molar-refractivity contribution >= 4 is 22.6 Å². The second-order valence-electron chi connectivity index (χ2n) is 6.40. The fourth-order valence-corrected chi connectivity index (χ4v) is 4.18. The molecule has 0 spiro atoms. The minimum Gasteiger partial charge on any atom is -0.382 e. The van der Waals surface area contributed by atoms with Gasteiger partial charge in [0.25, 0.3) is 0 Å². The van der Waals surface area contributed by atoms with Gasteiger partial charge in [-0.1, -0.05) is 48.2 Å². The van der Waals surface area contributed by atoms with E-state index in [0.29, 0.717) is 6.61 Å². The van der Waals surface area contributed by atoms with Crippen LogP contribution in [-0.4, -0.2) is 36.4 Å². The molecule has 4 rings (SSSR count). The molecule has 0 amide bonds. The van der Waals surface area contributed by atoms with Gasteiger partial charge in [0.05, 0.1) is 18.4 Å². The molecule has 2 aromatic carbocycles. The number of fused-ring (bicyclic) bond motifs is 3. The second-order valence-corrected chi connectivity index (χ2v) is 7.37. The molecule has 25 heavy (non-hydrogen) atoms. The number of hydrogen-bond acceptors (Lipinski definition) is 4. The summed E-state index contributed by atoms with van der Waals surface area (Å²) in [6.07, 6.45) is 1.03. The third kappa shape index (κ3) is 3.34. The van der Waals surface area contributed by atoms with Crippen LogP contribution < -0.4 is 5.43 Å². The van der Waals surface area contributed by atoms with E-state index in [2.05, 4.69) is 58.0 Å². The Morgan fingerprint density at radius 3 is 2.84 bits per heavy atom. The number of amidine groups is 1. The summed E-state index contributed by atoms with van der Waals surface area (Å²) >= 11 is 1.69. The molecule has 128 valence electrons. The highest BCUT2D eigenvalue weighted by Gasteiger charge is 2.20. The molecule has 4 nitrogen and oxygen atoms in total. The average molecular weight is 351 g/mol. The topological polar surface area (TPSA) is 46.0 Å².